The first-order valence-corrected chi connectivity index (χ1v) is 8.63. The average molecular weight is 324 g/mol. The fourth-order valence-electron chi connectivity index (χ4n) is 4.41. The Bertz CT molecular complexity index is 456. The Hall–Kier alpha value is -0.570. The maximum atomic E-state index is 6.01. The first kappa shape index (κ1) is 17.8. The highest BCUT2D eigenvalue weighted by atomic mass is 35.5. The smallest absolute Gasteiger partial charge is 0.0779 e. The van der Waals surface area contributed by atoms with Crippen molar-refractivity contribution in [3.8, 4) is 0 Å². The lowest BCUT2D eigenvalue weighted by Crippen LogP contribution is -3.10. The van der Waals surface area contributed by atoms with Crippen LogP contribution < -0.4 is 17.3 Å². The number of rotatable bonds is 4. The van der Waals surface area contributed by atoms with E-state index in [1.807, 2.05) is 4.90 Å². The summed E-state index contributed by atoms with van der Waals surface area (Å²) in [6.07, 6.45) is 6.47. The number of halogens is 1. The summed E-state index contributed by atoms with van der Waals surface area (Å²) in [5.74, 6) is 0. The van der Waals surface area contributed by atoms with E-state index in [1.165, 1.54) is 50.9 Å². The van der Waals surface area contributed by atoms with Crippen LogP contribution >= 0.6 is 0 Å². The van der Waals surface area contributed by atoms with Crippen LogP contribution in [-0.4, -0.2) is 31.8 Å². The molecule has 1 unspecified atom stereocenters. The number of nitrogens with one attached hydrogen (secondary N) is 1. The molecular formula is C19H30ClNO. The maximum Gasteiger partial charge on any atom is 0.0779 e. The summed E-state index contributed by atoms with van der Waals surface area (Å²) in [6.45, 7) is 9.50. The van der Waals surface area contributed by atoms with Crippen molar-refractivity contribution in [1.29, 1.82) is 0 Å². The van der Waals surface area contributed by atoms with Crippen LogP contribution in [0.2, 0.25) is 0 Å². The highest BCUT2D eigenvalue weighted by Gasteiger charge is 2.42. The minimum atomic E-state index is 0. The Balaban J connectivity index is 0.00000176. The molecule has 1 aromatic rings. The summed E-state index contributed by atoms with van der Waals surface area (Å²) >= 11 is 0. The molecule has 124 valence electrons. The SMILES string of the molecule is CC1(C)CC(CC[NH+]2CCCC2)(c2ccccc2)CCO1.[Cl-]. The summed E-state index contributed by atoms with van der Waals surface area (Å²) in [4.78, 5) is 1.81. The molecule has 1 N–H and O–H groups in total. The minimum Gasteiger partial charge on any atom is -1.00 e. The summed E-state index contributed by atoms with van der Waals surface area (Å²) in [5, 5.41) is 0. The molecule has 22 heavy (non-hydrogen) atoms. The van der Waals surface area contributed by atoms with E-state index in [1.54, 1.807) is 0 Å². The highest BCUT2D eigenvalue weighted by Crippen LogP contribution is 2.43. The maximum absolute atomic E-state index is 6.01. The van der Waals surface area contributed by atoms with Gasteiger partial charge < -0.3 is 22.0 Å². The fourth-order valence-corrected chi connectivity index (χ4v) is 4.41. The number of hydrogen-bond acceptors (Lipinski definition) is 1. The quantitative estimate of drug-likeness (QED) is 0.795. The zero-order chi connectivity index (χ0) is 14.8. The lowest BCUT2D eigenvalue weighted by Gasteiger charge is -2.45. The molecule has 3 rings (SSSR count). The van der Waals surface area contributed by atoms with Crippen LogP contribution in [0.1, 0.15) is 51.5 Å². The van der Waals surface area contributed by atoms with Crippen molar-refractivity contribution in [2.75, 3.05) is 26.2 Å². The van der Waals surface area contributed by atoms with Gasteiger partial charge in [-0.1, -0.05) is 30.3 Å². The molecule has 3 heteroatoms. The fraction of sp³-hybridized carbons (Fsp3) is 0.684. The topological polar surface area (TPSA) is 13.7 Å². The Morgan fingerprint density at radius 2 is 1.77 bits per heavy atom. The summed E-state index contributed by atoms with van der Waals surface area (Å²) in [6, 6.07) is 11.2. The van der Waals surface area contributed by atoms with E-state index in [0.29, 0.717) is 5.41 Å². The molecule has 0 saturated carbocycles. The number of benzene rings is 1. The summed E-state index contributed by atoms with van der Waals surface area (Å²) in [5.41, 5.74) is 1.85. The number of hydrogen-bond donors (Lipinski definition) is 1. The van der Waals surface area contributed by atoms with Crippen LogP contribution in [-0.2, 0) is 10.2 Å². The lowest BCUT2D eigenvalue weighted by molar-refractivity contribution is -0.888. The second-order valence-corrected chi connectivity index (χ2v) is 7.64. The van der Waals surface area contributed by atoms with Gasteiger partial charge in [0.05, 0.1) is 25.2 Å². The van der Waals surface area contributed by atoms with E-state index in [-0.39, 0.29) is 18.0 Å². The molecule has 2 aliphatic rings. The molecule has 2 saturated heterocycles. The molecule has 2 aliphatic heterocycles. The Morgan fingerprint density at radius 1 is 1.09 bits per heavy atom. The van der Waals surface area contributed by atoms with Gasteiger partial charge in [0.2, 0.25) is 0 Å². The lowest BCUT2D eigenvalue weighted by atomic mass is 9.67. The van der Waals surface area contributed by atoms with E-state index in [9.17, 15) is 0 Å². The van der Waals surface area contributed by atoms with Gasteiger partial charge in [-0.3, -0.25) is 0 Å². The Morgan fingerprint density at radius 3 is 2.41 bits per heavy atom. The standard InChI is InChI=1S/C19H29NO.ClH/c1-18(2)16-19(11-15-21-18,17-8-4-3-5-9-17)10-14-20-12-6-7-13-20;/h3-5,8-9H,6-7,10-16H2,1-2H3;1H. The predicted molar refractivity (Wildman–Crippen MR) is 86.8 cm³/mol. The van der Waals surface area contributed by atoms with Gasteiger partial charge in [0.1, 0.15) is 0 Å². The van der Waals surface area contributed by atoms with Gasteiger partial charge in [0.15, 0.2) is 0 Å². The summed E-state index contributed by atoms with van der Waals surface area (Å²) in [7, 11) is 0. The van der Waals surface area contributed by atoms with Crippen molar-refractivity contribution in [1.82, 2.24) is 0 Å². The number of quaternary nitrogens is 1. The number of ether oxygens (including phenoxy) is 1. The monoisotopic (exact) mass is 323 g/mol. The van der Waals surface area contributed by atoms with Crippen molar-refractivity contribution >= 4 is 0 Å². The second kappa shape index (κ2) is 7.33. The third-order valence-corrected chi connectivity index (χ3v) is 5.49. The van der Waals surface area contributed by atoms with Crippen LogP contribution in [0, 0.1) is 0 Å². The zero-order valence-electron chi connectivity index (χ0n) is 14.0. The van der Waals surface area contributed by atoms with Gasteiger partial charge in [-0.05, 0) is 32.3 Å². The van der Waals surface area contributed by atoms with Gasteiger partial charge in [-0.15, -0.1) is 0 Å². The van der Waals surface area contributed by atoms with Crippen LogP contribution in [0.3, 0.4) is 0 Å². The van der Waals surface area contributed by atoms with Crippen LogP contribution in [0.4, 0.5) is 0 Å². The molecule has 2 fully saturated rings. The molecule has 0 aliphatic carbocycles. The Labute approximate surface area is 141 Å². The van der Waals surface area contributed by atoms with Gasteiger partial charge in [-0.25, -0.2) is 0 Å². The molecule has 2 heterocycles. The molecule has 2 nitrogen and oxygen atoms in total. The van der Waals surface area contributed by atoms with E-state index in [2.05, 4.69) is 44.2 Å². The molecule has 1 aromatic carbocycles. The van der Waals surface area contributed by atoms with Gasteiger partial charge in [-0.2, -0.15) is 0 Å². The van der Waals surface area contributed by atoms with E-state index < -0.39 is 0 Å². The molecular weight excluding hydrogens is 294 g/mol. The molecule has 0 aromatic heterocycles. The van der Waals surface area contributed by atoms with Crippen molar-refractivity contribution < 1.29 is 22.0 Å². The number of likely N-dealkylation sites (tertiary alicyclic amines) is 1. The molecule has 0 spiro atoms. The molecule has 1 atom stereocenters. The van der Waals surface area contributed by atoms with Crippen LogP contribution in [0.5, 0.6) is 0 Å². The van der Waals surface area contributed by atoms with Gasteiger partial charge in [0.25, 0.3) is 0 Å². The summed E-state index contributed by atoms with van der Waals surface area (Å²) < 4.78 is 6.01. The normalized spacial score (nSPS) is 28.3. The predicted octanol–water partition coefficient (Wildman–Crippen LogP) is -0.414. The second-order valence-electron chi connectivity index (χ2n) is 7.64. The third kappa shape index (κ3) is 4.04. The van der Waals surface area contributed by atoms with Crippen LogP contribution in [0.25, 0.3) is 0 Å². The van der Waals surface area contributed by atoms with Gasteiger partial charge in [0, 0.05) is 31.3 Å². The highest BCUT2D eigenvalue weighted by molar-refractivity contribution is 5.27. The average Bonchev–Trinajstić information content (AvgIpc) is 2.98. The van der Waals surface area contributed by atoms with Crippen molar-refractivity contribution in [2.24, 2.45) is 0 Å². The van der Waals surface area contributed by atoms with E-state index in [0.717, 1.165) is 13.0 Å². The van der Waals surface area contributed by atoms with Crippen molar-refractivity contribution in [3.05, 3.63) is 35.9 Å². The van der Waals surface area contributed by atoms with E-state index in [4.69, 9.17) is 4.74 Å². The molecule has 0 amide bonds. The molecule has 0 bridgehead atoms. The Kier molecular flexibility index (Phi) is 5.93. The van der Waals surface area contributed by atoms with Gasteiger partial charge >= 0.3 is 0 Å². The van der Waals surface area contributed by atoms with Crippen molar-refractivity contribution in [3.63, 3.8) is 0 Å². The van der Waals surface area contributed by atoms with Crippen LogP contribution in [0.15, 0.2) is 30.3 Å². The van der Waals surface area contributed by atoms with E-state index >= 15 is 0 Å². The minimum absolute atomic E-state index is 0. The molecule has 0 radical (unpaired) electrons. The van der Waals surface area contributed by atoms with Crippen molar-refractivity contribution in [2.45, 2.75) is 57.0 Å². The first-order chi connectivity index (χ1) is 10.1. The first-order valence-electron chi connectivity index (χ1n) is 8.63. The largest absolute Gasteiger partial charge is 1.00 e. The zero-order valence-corrected chi connectivity index (χ0v) is 14.8. The third-order valence-electron chi connectivity index (χ3n) is 5.49.